The molecule has 0 aliphatic carbocycles. The maximum absolute atomic E-state index is 12.1. The van der Waals surface area contributed by atoms with Gasteiger partial charge in [-0.3, -0.25) is 4.79 Å². The fraction of sp³-hybridized carbons (Fsp3) is 0.316. The van der Waals surface area contributed by atoms with Gasteiger partial charge >= 0.3 is 0 Å². The average Bonchev–Trinajstić information content (AvgIpc) is 2.51. The highest BCUT2D eigenvalue weighted by molar-refractivity contribution is 5.94. The van der Waals surface area contributed by atoms with Crippen LogP contribution in [0.1, 0.15) is 40.9 Å². The Balaban J connectivity index is 1.93. The first kappa shape index (κ1) is 16.2. The van der Waals surface area contributed by atoms with Crippen molar-refractivity contribution in [3.05, 3.63) is 70.8 Å². The lowest BCUT2D eigenvalue weighted by atomic mass is 10.1. The SMILES string of the molecule is Cc1cccc(C(=O)NCc2cccc(COC(C)C)c2)c1. The van der Waals surface area contributed by atoms with Gasteiger partial charge in [0.2, 0.25) is 0 Å². The topological polar surface area (TPSA) is 38.3 Å². The Morgan fingerprint density at radius 1 is 1.09 bits per heavy atom. The molecule has 3 heteroatoms. The largest absolute Gasteiger partial charge is 0.374 e. The van der Waals surface area contributed by atoms with Gasteiger partial charge in [0, 0.05) is 12.1 Å². The van der Waals surface area contributed by atoms with Crippen molar-refractivity contribution in [3.8, 4) is 0 Å². The number of benzene rings is 2. The first-order valence-electron chi connectivity index (χ1n) is 7.59. The van der Waals surface area contributed by atoms with Gasteiger partial charge in [-0.2, -0.15) is 0 Å². The van der Waals surface area contributed by atoms with Gasteiger partial charge in [0.25, 0.3) is 5.91 Å². The van der Waals surface area contributed by atoms with Crippen LogP contribution in [0, 0.1) is 6.92 Å². The molecule has 0 spiro atoms. The summed E-state index contributed by atoms with van der Waals surface area (Å²) >= 11 is 0. The van der Waals surface area contributed by atoms with Gasteiger partial charge in [-0.15, -0.1) is 0 Å². The molecule has 0 aromatic heterocycles. The van der Waals surface area contributed by atoms with E-state index in [0.717, 1.165) is 16.7 Å². The van der Waals surface area contributed by atoms with Crippen molar-refractivity contribution in [2.45, 2.75) is 40.0 Å². The number of rotatable bonds is 6. The quantitative estimate of drug-likeness (QED) is 0.879. The van der Waals surface area contributed by atoms with Gasteiger partial charge in [0.15, 0.2) is 0 Å². The lowest BCUT2D eigenvalue weighted by molar-refractivity contribution is 0.0657. The summed E-state index contributed by atoms with van der Waals surface area (Å²) in [5.74, 6) is -0.0486. The molecule has 0 saturated carbocycles. The highest BCUT2D eigenvalue weighted by Gasteiger charge is 2.05. The molecule has 2 aromatic carbocycles. The van der Waals surface area contributed by atoms with Crippen LogP contribution in [0.3, 0.4) is 0 Å². The predicted octanol–water partition coefficient (Wildman–Crippen LogP) is 3.85. The number of hydrogen-bond acceptors (Lipinski definition) is 2. The summed E-state index contributed by atoms with van der Waals surface area (Å²) < 4.78 is 5.60. The molecule has 1 N–H and O–H groups in total. The second-order valence-electron chi connectivity index (χ2n) is 5.73. The summed E-state index contributed by atoms with van der Waals surface area (Å²) in [7, 11) is 0. The molecule has 0 fully saturated rings. The summed E-state index contributed by atoms with van der Waals surface area (Å²) in [6.45, 7) is 7.13. The van der Waals surface area contributed by atoms with Crippen LogP contribution in [-0.4, -0.2) is 12.0 Å². The Morgan fingerprint density at radius 3 is 2.55 bits per heavy atom. The van der Waals surface area contributed by atoms with Crippen molar-refractivity contribution in [1.82, 2.24) is 5.32 Å². The van der Waals surface area contributed by atoms with Gasteiger partial charge in [0.05, 0.1) is 12.7 Å². The van der Waals surface area contributed by atoms with E-state index in [1.54, 1.807) is 0 Å². The Hall–Kier alpha value is -2.13. The second kappa shape index (κ2) is 7.76. The number of aryl methyl sites for hydroxylation is 1. The van der Waals surface area contributed by atoms with Crippen molar-refractivity contribution in [2.24, 2.45) is 0 Å². The van der Waals surface area contributed by atoms with Crippen molar-refractivity contribution >= 4 is 5.91 Å². The van der Waals surface area contributed by atoms with E-state index in [2.05, 4.69) is 11.4 Å². The number of carbonyl (C=O) groups excluding carboxylic acids is 1. The minimum Gasteiger partial charge on any atom is -0.374 e. The number of amides is 1. The number of nitrogens with one attached hydrogen (secondary N) is 1. The van der Waals surface area contributed by atoms with Gasteiger partial charge in [-0.25, -0.2) is 0 Å². The first-order chi connectivity index (χ1) is 10.5. The fourth-order valence-electron chi connectivity index (χ4n) is 2.16. The van der Waals surface area contributed by atoms with E-state index in [1.807, 2.05) is 63.2 Å². The van der Waals surface area contributed by atoms with Crippen molar-refractivity contribution in [1.29, 1.82) is 0 Å². The highest BCUT2D eigenvalue weighted by atomic mass is 16.5. The number of hydrogen-bond donors (Lipinski definition) is 1. The molecule has 0 saturated heterocycles. The van der Waals surface area contributed by atoms with Crippen molar-refractivity contribution < 1.29 is 9.53 Å². The lowest BCUT2D eigenvalue weighted by Gasteiger charge is -2.10. The van der Waals surface area contributed by atoms with E-state index < -0.39 is 0 Å². The van der Waals surface area contributed by atoms with Crippen LogP contribution in [0.4, 0.5) is 0 Å². The molecule has 2 rings (SSSR count). The summed E-state index contributed by atoms with van der Waals surface area (Å²) in [4.78, 5) is 12.1. The van der Waals surface area contributed by atoms with Gasteiger partial charge in [-0.1, -0.05) is 42.0 Å². The van der Waals surface area contributed by atoms with Crippen LogP contribution in [0.2, 0.25) is 0 Å². The van der Waals surface area contributed by atoms with Crippen LogP contribution >= 0.6 is 0 Å². The molecule has 0 unspecified atom stereocenters. The van der Waals surface area contributed by atoms with Crippen LogP contribution in [0.5, 0.6) is 0 Å². The third-order valence-electron chi connectivity index (χ3n) is 3.31. The summed E-state index contributed by atoms with van der Waals surface area (Å²) in [6, 6.07) is 15.7. The fourth-order valence-corrected chi connectivity index (χ4v) is 2.16. The monoisotopic (exact) mass is 297 g/mol. The molecule has 0 radical (unpaired) electrons. The molecule has 0 atom stereocenters. The Kier molecular flexibility index (Phi) is 5.73. The third kappa shape index (κ3) is 5.01. The zero-order valence-corrected chi connectivity index (χ0v) is 13.4. The maximum Gasteiger partial charge on any atom is 0.251 e. The third-order valence-corrected chi connectivity index (χ3v) is 3.31. The van der Waals surface area contributed by atoms with E-state index in [9.17, 15) is 4.79 Å². The molecule has 1 amide bonds. The van der Waals surface area contributed by atoms with E-state index in [-0.39, 0.29) is 12.0 Å². The first-order valence-corrected chi connectivity index (χ1v) is 7.59. The zero-order chi connectivity index (χ0) is 15.9. The Morgan fingerprint density at radius 2 is 1.82 bits per heavy atom. The van der Waals surface area contributed by atoms with Gasteiger partial charge in [0.1, 0.15) is 0 Å². The summed E-state index contributed by atoms with van der Waals surface area (Å²) in [5.41, 5.74) is 3.97. The number of ether oxygens (including phenoxy) is 1. The summed E-state index contributed by atoms with van der Waals surface area (Å²) in [5, 5.41) is 2.95. The van der Waals surface area contributed by atoms with Crippen LogP contribution < -0.4 is 5.32 Å². The van der Waals surface area contributed by atoms with Crippen LogP contribution in [-0.2, 0) is 17.9 Å². The molecule has 2 aromatic rings. The normalized spacial score (nSPS) is 10.7. The predicted molar refractivity (Wildman–Crippen MR) is 88.7 cm³/mol. The number of carbonyl (C=O) groups is 1. The van der Waals surface area contributed by atoms with E-state index in [0.29, 0.717) is 18.7 Å². The van der Waals surface area contributed by atoms with E-state index in [1.165, 1.54) is 0 Å². The summed E-state index contributed by atoms with van der Waals surface area (Å²) in [6.07, 6.45) is 0.213. The Bertz CT molecular complexity index is 635. The smallest absolute Gasteiger partial charge is 0.251 e. The second-order valence-corrected chi connectivity index (χ2v) is 5.73. The van der Waals surface area contributed by atoms with Gasteiger partial charge < -0.3 is 10.1 Å². The van der Waals surface area contributed by atoms with Crippen molar-refractivity contribution in [3.63, 3.8) is 0 Å². The molecular formula is C19H23NO2. The van der Waals surface area contributed by atoms with Gasteiger partial charge in [-0.05, 0) is 44.0 Å². The average molecular weight is 297 g/mol. The van der Waals surface area contributed by atoms with E-state index >= 15 is 0 Å². The molecule has 3 nitrogen and oxygen atoms in total. The minimum atomic E-state index is -0.0486. The van der Waals surface area contributed by atoms with Crippen molar-refractivity contribution in [2.75, 3.05) is 0 Å². The molecule has 0 bridgehead atoms. The molecule has 0 heterocycles. The Labute approximate surface area is 132 Å². The minimum absolute atomic E-state index is 0.0486. The standard InChI is InChI=1S/C19H23NO2/c1-14(2)22-13-17-8-5-7-16(11-17)12-20-19(21)18-9-4-6-15(3)10-18/h4-11,14H,12-13H2,1-3H3,(H,20,21). The molecular weight excluding hydrogens is 274 g/mol. The molecule has 0 aliphatic rings. The molecule has 22 heavy (non-hydrogen) atoms. The van der Waals surface area contributed by atoms with Crippen LogP contribution in [0.15, 0.2) is 48.5 Å². The zero-order valence-electron chi connectivity index (χ0n) is 13.4. The van der Waals surface area contributed by atoms with Crippen LogP contribution in [0.25, 0.3) is 0 Å². The molecule has 0 aliphatic heterocycles. The maximum atomic E-state index is 12.1. The lowest BCUT2D eigenvalue weighted by Crippen LogP contribution is -2.22. The van der Waals surface area contributed by atoms with E-state index in [4.69, 9.17) is 4.74 Å². The highest BCUT2D eigenvalue weighted by Crippen LogP contribution is 2.09. The molecule has 116 valence electrons.